The van der Waals surface area contributed by atoms with Crippen molar-refractivity contribution in [1.82, 2.24) is 9.78 Å². The highest BCUT2D eigenvalue weighted by Gasteiger charge is 2.28. The number of anilines is 1. The van der Waals surface area contributed by atoms with E-state index in [4.69, 9.17) is 0 Å². The van der Waals surface area contributed by atoms with Crippen molar-refractivity contribution in [2.24, 2.45) is 7.05 Å². The summed E-state index contributed by atoms with van der Waals surface area (Å²) in [7, 11) is 2.92. The van der Waals surface area contributed by atoms with Crippen LogP contribution in [0.1, 0.15) is 31.9 Å². The summed E-state index contributed by atoms with van der Waals surface area (Å²) in [5, 5.41) is 18.1. The Kier molecular flexibility index (Phi) is 4.85. The van der Waals surface area contributed by atoms with E-state index in [1.54, 1.807) is 7.05 Å². The number of ether oxygens (including phenoxy) is 1. The molecule has 0 radical (unpaired) electrons. The third-order valence-electron chi connectivity index (χ3n) is 2.63. The summed E-state index contributed by atoms with van der Waals surface area (Å²) in [4.78, 5) is 21.7. The molecule has 0 aromatic carbocycles. The van der Waals surface area contributed by atoms with Gasteiger partial charge in [-0.1, -0.05) is 13.8 Å². The number of carbonyl (C=O) groups excluding carboxylic acids is 1. The smallest absolute Gasteiger partial charge is 0.334 e. The number of rotatable bonds is 6. The number of nitro groups is 1. The second-order valence-electron chi connectivity index (χ2n) is 4.37. The molecule has 19 heavy (non-hydrogen) atoms. The van der Waals surface area contributed by atoms with Crippen LogP contribution in [0.2, 0.25) is 0 Å². The molecule has 0 bridgehead atoms. The lowest BCUT2D eigenvalue weighted by atomic mass is 10.1. The van der Waals surface area contributed by atoms with Crippen molar-refractivity contribution in [2.75, 3.05) is 19.0 Å². The maximum atomic E-state index is 11.1. The van der Waals surface area contributed by atoms with Gasteiger partial charge in [0, 0.05) is 19.5 Å². The first-order valence-corrected chi connectivity index (χ1v) is 5.90. The van der Waals surface area contributed by atoms with Crippen LogP contribution in [0, 0.1) is 10.1 Å². The largest absolute Gasteiger partial charge is 0.469 e. The Morgan fingerprint density at radius 2 is 2.21 bits per heavy atom. The molecule has 0 saturated carbocycles. The Morgan fingerprint density at radius 3 is 2.68 bits per heavy atom. The lowest BCUT2D eigenvalue weighted by Crippen LogP contribution is -2.12. The number of nitrogens with zero attached hydrogens (tertiary/aromatic N) is 3. The zero-order valence-electron chi connectivity index (χ0n) is 11.5. The Labute approximate surface area is 110 Å². The van der Waals surface area contributed by atoms with Gasteiger partial charge in [-0.15, -0.1) is 0 Å². The predicted molar refractivity (Wildman–Crippen MR) is 69.1 cm³/mol. The van der Waals surface area contributed by atoms with Crippen molar-refractivity contribution in [2.45, 2.75) is 26.2 Å². The minimum absolute atomic E-state index is 0.0395. The molecule has 0 fully saturated rings. The monoisotopic (exact) mass is 270 g/mol. The summed E-state index contributed by atoms with van der Waals surface area (Å²) in [6, 6.07) is 0. The number of methoxy groups -OCH3 is 1. The molecule has 1 rings (SSSR count). The van der Waals surface area contributed by atoms with Crippen molar-refractivity contribution in [3.8, 4) is 0 Å². The topological polar surface area (TPSA) is 99.3 Å². The number of carbonyl (C=O) groups is 1. The van der Waals surface area contributed by atoms with Crippen LogP contribution in [0.25, 0.3) is 0 Å². The molecular weight excluding hydrogens is 252 g/mol. The van der Waals surface area contributed by atoms with E-state index in [0.29, 0.717) is 11.5 Å². The van der Waals surface area contributed by atoms with Gasteiger partial charge in [0.15, 0.2) is 0 Å². The van der Waals surface area contributed by atoms with E-state index in [-0.39, 0.29) is 30.5 Å². The molecule has 0 aliphatic heterocycles. The lowest BCUT2D eigenvalue weighted by Gasteiger charge is -2.05. The maximum Gasteiger partial charge on any atom is 0.334 e. The van der Waals surface area contributed by atoms with E-state index in [1.807, 2.05) is 13.8 Å². The number of aromatic nitrogens is 2. The average molecular weight is 270 g/mol. The Balaban J connectivity index is 2.93. The lowest BCUT2D eigenvalue weighted by molar-refractivity contribution is -0.384. The first-order valence-electron chi connectivity index (χ1n) is 5.90. The molecule has 8 nitrogen and oxygen atoms in total. The molecule has 0 amide bonds. The van der Waals surface area contributed by atoms with E-state index >= 15 is 0 Å². The van der Waals surface area contributed by atoms with Gasteiger partial charge in [-0.05, 0) is 0 Å². The van der Waals surface area contributed by atoms with Crippen LogP contribution in [-0.2, 0) is 16.6 Å². The third-order valence-corrected chi connectivity index (χ3v) is 2.63. The highest BCUT2D eigenvalue weighted by Crippen LogP contribution is 2.32. The average Bonchev–Trinajstić information content (AvgIpc) is 2.67. The van der Waals surface area contributed by atoms with Crippen LogP contribution in [0.5, 0.6) is 0 Å². The Bertz CT molecular complexity index is 481. The van der Waals surface area contributed by atoms with Crippen molar-refractivity contribution in [3.05, 3.63) is 15.8 Å². The standard InChI is InChI=1S/C11H18N4O4/c1-7(2)9-10(15(17)18)11(14(3)13-9)12-6-5-8(16)19-4/h7,12H,5-6H2,1-4H3. The van der Waals surface area contributed by atoms with Crippen molar-refractivity contribution in [3.63, 3.8) is 0 Å². The van der Waals surface area contributed by atoms with Gasteiger partial charge in [0.05, 0.1) is 18.5 Å². The normalized spacial score (nSPS) is 10.6. The number of nitrogens with one attached hydrogen (secondary N) is 1. The van der Waals surface area contributed by atoms with Crippen LogP contribution in [0.3, 0.4) is 0 Å². The van der Waals surface area contributed by atoms with Crippen LogP contribution in [0.4, 0.5) is 11.5 Å². The van der Waals surface area contributed by atoms with Crippen LogP contribution in [0.15, 0.2) is 0 Å². The molecule has 106 valence electrons. The fraction of sp³-hybridized carbons (Fsp3) is 0.636. The molecule has 0 atom stereocenters. The van der Waals surface area contributed by atoms with Gasteiger partial charge in [-0.2, -0.15) is 5.10 Å². The van der Waals surface area contributed by atoms with Gasteiger partial charge in [-0.3, -0.25) is 14.9 Å². The van der Waals surface area contributed by atoms with E-state index in [0.717, 1.165) is 0 Å². The second-order valence-corrected chi connectivity index (χ2v) is 4.37. The Hall–Kier alpha value is -2.12. The third kappa shape index (κ3) is 3.43. The van der Waals surface area contributed by atoms with E-state index in [9.17, 15) is 14.9 Å². The molecule has 1 N–H and O–H groups in total. The van der Waals surface area contributed by atoms with Gasteiger partial charge < -0.3 is 10.1 Å². The quantitative estimate of drug-likeness (QED) is 0.477. The summed E-state index contributed by atoms with van der Waals surface area (Å²) < 4.78 is 5.93. The summed E-state index contributed by atoms with van der Waals surface area (Å²) in [5.41, 5.74) is 0.385. The Morgan fingerprint density at radius 1 is 1.58 bits per heavy atom. The van der Waals surface area contributed by atoms with E-state index in [2.05, 4.69) is 15.2 Å². The SMILES string of the molecule is COC(=O)CCNc1c([N+](=O)[O-])c(C(C)C)nn1C. The van der Waals surface area contributed by atoms with Crippen molar-refractivity contribution < 1.29 is 14.5 Å². The first kappa shape index (κ1) is 14.9. The molecule has 8 heteroatoms. The van der Waals surface area contributed by atoms with E-state index < -0.39 is 4.92 Å². The molecular formula is C11H18N4O4. The molecule has 0 spiro atoms. The zero-order chi connectivity index (χ0) is 14.6. The number of hydrogen-bond donors (Lipinski definition) is 1. The second kappa shape index (κ2) is 6.17. The molecule has 0 unspecified atom stereocenters. The van der Waals surface area contributed by atoms with Gasteiger partial charge in [0.2, 0.25) is 5.82 Å². The molecule has 1 heterocycles. The number of hydrogen-bond acceptors (Lipinski definition) is 6. The predicted octanol–water partition coefficient (Wildman–Crippen LogP) is 1.43. The fourth-order valence-electron chi connectivity index (χ4n) is 1.69. The van der Waals surface area contributed by atoms with Crippen molar-refractivity contribution in [1.29, 1.82) is 0 Å². The summed E-state index contributed by atoms with van der Waals surface area (Å²) in [5.74, 6) is -0.123. The van der Waals surface area contributed by atoms with Crippen molar-refractivity contribution >= 4 is 17.5 Å². The first-order chi connectivity index (χ1) is 8.88. The molecule has 1 aromatic heterocycles. The van der Waals surface area contributed by atoms with Crippen LogP contribution < -0.4 is 5.32 Å². The van der Waals surface area contributed by atoms with Gasteiger partial charge >= 0.3 is 11.7 Å². The fourth-order valence-corrected chi connectivity index (χ4v) is 1.69. The van der Waals surface area contributed by atoms with Crippen LogP contribution >= 0.6 is 0 Å². The summed E-state index contributed by atoms with van der Waals surface area (Å²) in [6.45, 7) is 3.94. The minimum Gasteiger partial charge on any atom is -0.469 e. The molecule has 0 aliphatic carbocycles. The zero-order valence-corrected chi connectivity index (χ0v) is 11.5. The highest BCUT2D eigenvalue weighted by atomic mass is 16.6. The highest BCUT2D eigenvalue weighted by molar-refractivity contribution is 5.70. The summed E-state index contributed by atoms with van der Waals surface area (Å²) >= 11 is 0. The maximum absolute atomic E-state index is 11.1. The minimum atomic E-state index is -0.456. The van der Waals surface area contributed by atoms with E-state index in [1.165, 1.54) is 11.8 Å². The summed E-state index contributed by atoms with van der Waals surface area (Å²) in [6.07, 6.45) is 0.135. The number of aryl methyl sites for hydroxylation is 1. The van der Waals surface area contributed by atoms with Crippen LogP contribution in [-0.4, -0.2) is 34.3 Å². The van der Waals surface area contributed by atoms with Gasteiger partial charge in [0.25, 0.3) is 0 Å². The molecule has 0 saturated heterocycles. The van der Waals surface area contributed by atoms with Gasteiger partial charge in [-0.25, -0.2) is 4.68 Å². The number of esters is 1. The molecule has 0 aliphatic rings. The van der Waals surface area contributed by atoms with Gasteiger partial charge in [0.1, 0.15) is 5.69 Å². The molecule has 1 aromatic rings.